The molecule has 1 aromatic rings. The molecule has 0 bridgehead atoms. The van der Waals surface area contributed by atoms with Crippen LogP contribution in [0.1, 0.15) is 25.0 Å². The third kappa shape index (κ3) is 4.06. The highest BCUT2D eigenvalue weighted by atomic mass is 35.5. The number of carbonyl (C=O) groups is 1. The largest absolute Gasteiger partial charge is 0.334 e. The van der Waals surface area contributed by atoms with Crippen LogP contribution in [-0.4, -0.2) is 23.2 Å². The lowest BCUT2D eigenvalue weighted by atomic mass is 10.4. The Labute approximate surface area is 107 Å². The van der Waals surface area contributed by atoms with Crippen molar-refractivity contribution in [2.24, 2.45) is 0 Å². The number of fused-ring (bicyclic) bond motifs is 1. The van der Waals surface area contributed by atoms with Gasteiger partial charge in [0.15, 0.2) is 0 Å². The van der Waals surface area contributed by atoms with Crippen molar-refractivity contribution in [1.29, 1.82) is 0 Å². The van der Waals surface area contributed by atoms with Gasteiger partial charge in [-0.25, -0.2) is 0 Å². The number of halogens is 1. The highest BCUT2D eigenvalue weighted by Gasteiger charge is 2.14. The molecule has 88 valence electrons. The first-order valence-corrected chi connectivity index (χ1v) is 6.16. The third-order valence-corrected chi connectivity index (χ3v) is 2.98. The van der Waals surface area contributed by atoms with E-state index in [1.165, 1.54) is 11.1 Å². The molecule has 2 rings (SSSR count). The number of benzene rings is 1. The Morgan fingerprint density at radius 3 is 2.31 bits per heavy atom. The minimum atomic E-state index is -0.144. The zero-order valence-electron chi connectivity index (χ0n) is 9.53. The van der Waals surface area contributed by atoms with Gasteiger partial charge in [0.05, 0.1) is 0 Å². The second-order valence-corrected chi connectivity index (χ2v) is 4.36. The molecule has 0 radical (unpaired) electrons. The first kappa shape index (κ1) is 13.4. The number of carbonyl (C=O) groups excluding carboxylic acids is 1. The van der Waals surface area contributed by atoms with Crippen LogP contribution in [0.2, 0.25) is 5.02 Å². The van der Waals surface area contributed by atoms with Crippen molar-refractivity contribution in [1.82, 2.24) is 4.90 Å². The van der Waals surface area contributed by atoms with E-state index in [-0.39, 0.29) is 5.24 Å². The predicted octanol–water partition coefficient (Wildman–Crippen LogP) is 3.62. The molecule has 4 heteroatoms. The highest BCUT2D eigenvalue weighted by Crippen LogP contribution is 2.29. The number of amides is 1. The summed E-state index contributed by atoms with van der Waals surface area (Å²) in [5.74, 6) is 0. The average Bonchev–Trinajstić information content (AvgIpc) is 2.98. The Hall–Kier alpha value is -0.670. The van der Waals surface area contributed by atoms with Crippen molar-refractivity contribution in [2.75, 3.05) is 13.1 Å². The molecule has 0 fully saturated rings. The van der Waals surface area contributed by atoms with E-state index in [2.05, 4.69) is 18.7 Å². The monoisotopic (exact) mass is 257 g/mol. The number of hydrogen-bond donors (Lipinski definition) is 1. The van der Waals surface area contributed by atoms with Crippen molar-refractivity contribution in [3.05, 3.63) is 34.3 Å². The van der Waals surface area contributed by atoms with Crippen LogP contribution in [0.5, 0.6) is 0 Å². The molecule has 0 aromatic heterocycles. The molecule has 0 N–H and O–H groups in total. The lowest BCUT2D eigenvalue weighted by Gasteiger charge is -2.13. The van der Waals surface area contributed by atoms with E-state index in [1.807, 2.05) is 26.0 Å². The standard InChI is InChI=1S/C7H5Cl.C5H11NOS/c8-7-2-1-5-3-6(5)4-7;1-3-6(4-2)5(7)8/h1-2,4H,3H2;3-4H2,1-2H3,(H,7,8). The van der Waals surface area contributed by atoms with E-state index >= 15 is 0 Å². The minimum absolute atomic E-state index is 0.144. The predicted molar refractivity (Wildman–Crippen MR) is 71.6 cm³/mol. The van der Waals surface area contributed by atoms with E-state index < -0.39 is 0 Å². The van der Waals surface area contributed by atoms with E-state index in [0.29, 0.717) is 0 Å². The molecule has 0 heterocycles. The Balaban J connectivity index is 0.000000160. The van der Waals surface area contributed by atoms with Crippen molar-refractivity contribution in [2.45, 2.75) is 20.3 Å². The molecule has 1 aromatic carbocycles. The second kappa shape index (κ2) is 6.16. The lowest BCUT2D eigenvalue weighted by molar-refractivity contribution is 0.229. The number of nitrogens with zero attached hydrogens (tertiary/aromatic N) is 1. The van der Waals surface area contributed by atoms with Crippen LogP contribution in [0.25, 0.3) is 0 Å². The summed E-state index contributed by atoms with van der Waals surface area (Å²) in [6.07, 6.45) is 1.16. The highest BCUT2D eigenvalue weighted by molar-refractivity contribution is 7.96. The SMILES string of the molecule is CCN(CC)C(=O)S.Clc1ccc2c(c1)C2. The van der Waals surface area contributed by atoms with Crippen molar-refractivity contribution in [3.63, 3.8) is 0 Å². The molecule has 1 aliphatic rings. The molecule has 0 saturated heterocycles. The maximum absolute atomic E-state index is 10.4. The fourth-order valence-corrected chi connectivity index (χ4v) is 1.84. The van der Waals surface area contributed by atoms with Gasteiger partial charge in [0, 0.05) is 18.1 Å². The Bertz CT molecular complexity index is 377. The smallest absolute Gasteiger partial charge is 0.278 e. The Morgan fingerprint density at radius 1 is 1.38 bits per heavy atom. The Morgan fingerprint density at radius 2 is 2.00 bits per heavy atom. The second-order valence-electron chi connectivity index (χ2n) is 3.54. The third-order valence-electron chi connectivity index (χ3n) is 2.46. The number of rotatable bonds is 2. The zero-order valence-corrected chi connectivity index (χ0v) is 11.2. The van der Waals surface area contributed by atoms with Crippen LogP contribution < -0.4 is 0 Å². The molecule has 0 aliphatic heterocycles. The van der Waals surface area contributed by atoms with Gasteiger partial charge in [0.25, 0.3) is 5.24 Å². The van der Waals surface area contributed by atoms with Crippen LogP contribution in [0, 0.1) is 0 Å². The molecule has 16 heavy (non-hydrogen) atoms. The van der Waals surface area contributed by atoms with Gasteiger partial charge >= 0.3 is 0 Å². The molecule has 1 amide bonds. The molecular formula is C12H16ClNOS. The van der Waals surface area contributed by atoms with Crippen molar-refractivity contribution >= 4 is 29.5 Å². The summed E-state index contributed by atoms with van der Waals surface area (Å²) >= 11 is 9.32. The van der Waals surface area contributed by atoms with E-state index in [4.69, 9.17) is 11.6 Å². The van der Waals surface area contributed by atoms with E-state index in [9.17, 15) is 4.79 Å². The van der Waals surface area contributed by atoms with Gasteiger partial charge in [0.2, 0.25) is 0 Å². The fraction of sp³-hybridized carbons (Fsp3) is 0.417. The van der Waals surface area contributed by atoms with Crippen LogP contribution in [0.4, 0.5) is 4.79 Å². The van der Waals surface area contributed by atoms with Gasteiger partial charge in [0.1, 0.15) is 0 Å². The van der Waals surface area contributed by atoms with Crippen molar-refractivity contribution < 1.29 is 4.79 Å². The van der Waals surface area contributed by atoms with Gasteiger partial charge < -0.3 is 4.90 Å². The van der Waals surface area contributed by atoms with Gasteiger partial charge in [-0.1, -0.05) is 30.3 Å². The zero-order chi connectivity index (χ0) is 12.1. The fourth-order valence-electron chi connectivity index (χ4n) is 1.36. The van der Waals surface area contributed by atoms with E-state index in [1.54, 1.807) is 4.90 Å². The molecule has 0 atom stereocenters. The van der Waals surface area contributed by atoms with Crippen LogP contribution in [0.15, 0.2) is 18.2 Å². The number of hydrogen-bond acceptors (Lipinski definition) is 1. The van der Waals surface area contributed by atoms with Crippen LogP contribution in [-0.2, 0) is 6.42 Å². The quantitative estimate of drug-likeness (QED) is 0.815. The summed E-state index contributed by atoms with van der Waals surface area (Å²) in [7, 11) is 0. The summed E-state index contributed by atoms with van der Waals surface area (Å²) in [6, 6.07) is 6.04. The molecule has 2 nitrogen and oxygen atoms in total. The van der Waals surface area contributed by atoms with Gasteiger partial charge in [-0.2, -0.15) is 0 Å². The van der Waals surface area contributed by atoms with Gasteiger partial charge in [-0.15, -0.1) is 0 Å². The maximum atomic E-state index is 10.4. The molecule has 0 unspecified atom stereocenters. The summed E-state index contributed by atoms with van der Waals surface area (Å²) in [4.78, 5) is 12.0. The summed E-state index contributed by atoms with van der Waals surface area (Å²) in [5.41, 5.74) is 2.87. The lowest BCUT2D eigenvalue weighted by Crippen LogP contribution is -2.24. The molecular weight excluding hydrogens is 242 g/mol. The average molecular weight is 258 g/mol. The maximum Gasteiger partial charge on any atom is 0.278 e. The summed E-state index contributed by atoms with van der Waals surface area (Å²) < 4.78 is 0. The molecule has 1 aliphatic carbocycles. The van der Waals surface area contributed by atoms with Crippen LogP contribution in [0.3, 0.4) is 0 Å². The van der Waals surface area contributed by atoms with Crippen molar-refractivity contribution in [3.8, 4) is 0 Å². The topological polar surface area (TPSA) is 20.3 Å². The van der Waals surface area contributed by atoms with Gasteiger partial charge in [-0.05, 0) is 43.5 Å². The van der Waals surface area contributed by atoms with Gasteiger partial charge in [-0.3, -0.25) is 4.79 Å². The number of thiol groups is 1. The first-order chi connectivity index (χ1) is 7.58. The Kier molecular flexibility index (Phi) is 5.16. The van der Waals surface area contributed by atoms with E-state index in [0.717, 1.165) is 24.5 Å². The first-order valence-electron chi connectivity index (χ1n) is 5.33. The molecule has 0 saturated carbocycles. The summed E-state index contributed by atoms with van der Waals surface area (Å²) in [6.45, 7) is 5.35. The van der Waals surface area contributed by atoms with Crippen LogP contribution >= 0.6 is 24.2 Å². The molecule has 0 spiro atoms. The minimum Gasteiger partial charge on any atom is -0.334 e. The summed E-state index contributed by atoms with van der Waals surface area (Å²) in [5, 5.41) is 0.719. The normalized spacial score (nSPS) is 11.0.